The number of rotatable bonds is 7. The van der Waals surface area contributed by atoms with Gasteiger partial charge in [0.1, 0.15) is 0 Å². The molecule has 0 radical (unpaired) electrons. The van der Waals surface area contributed by atoms with Gasteiger partial charge in [-0.2, -0.15) is 0 Å². The van der Waals surface area contributed by atoms with E-state index in [2.05, 4.69) is 57.2 Å². The number of anilines is 1. The van der Waals surface area contributed by atoms with E-state index < -0.39 is 0 Å². The maximum Gasteiger partial charge on any atom is 0.224 e. The lowest BCUT2D eigenvalue weighted by atomic mass is 10.1. The number of nitrogens with one attached hydrogen (secondary N) is 1. The van der Waals surface area contributed by atoms with E-state index in [4.69, 9.17) is 0 Å². The molecule has 4 heteroatoms. The van der Waals surface area contributed by atoms with Gasteiger partial charge < -0.3 is 5.32 Å². The number of hydrogen-bond donors (Lipinski definition) is 1. The van der Waals surface area contributed by atoms with Crippen molar-refractivity contribution in [2.75, 3.05) is 5.32 Å². The van der Waals surface area contributed by atoms with E-state index in [1.807, 2.05) is 30.3 Å². The van der Waals surface area contributed by atoms with Crippen LogP contribution >= 0.6 is 22.6 Å². The van der Waals surface area contributed by atoms with Crippen LogP contribution < -0.4 is 5.32 Å². The molecule has 0 bridgehead atoms. The molecule has 1 aromatic heterocycles. The molecule has 0 aliphatic heterocycles. The van der Waals surface area contributed by atoms with Crippen LogP contribution in [0.25, 0.3) is 10.9 Å². The van der Waals surface area contributed by atoms with Gasteiger partial charge in [-0.1, -0.05) is 42.8 Å². The molecule has 0 unspecified atom stereocenters. The van der Waals surface area contributed by atoms with Crippen molar-refractivity contribution in [3.63, 3.8) is 0 Å². The Labute approximate surface area is 162 Å². The Kier molecular flexibility index (Phi) is 6.39. The van der Waals surface area contributed by atoms with Crippen molar-refractivity contribution in [2.24, 2.45) is 0 Å². The van der Waals surface area contributed by atoms with Crippen LogP contribution in [0.3, 0.4) is 0 Å². The minimum absolute atomic E-state index is 0.0624. The van der Waals surface area contributed by atoms with Crippen molar-refractivity contribution in [3.05, 3.63) is 69.9 Å². The second-order valence-electron chi connectivity index (χ2n) is 6.08. The van der Waals surface area contributed by atoms with Crippen molar-refractivity contribution in [1.82, 2.24) is 4.98 Å². The van der Waals surface area contributed by atoms with Crippen molar-refractivity contribution in [2.45, 2.75) is 32.1 Å². The van der Waals surface area contributed by atoms with Gasteiger partial charge in [-0.3, -0.25) is 9.78 Å². The smallest absolute Gasteiger partial charge is 0.224 e. The number of unbranched alkanes of at least 4 members (excludes halogenated alkanes) is 2. The Morgan fingerprint density at radius 1 is 0.960 bits per heavy atom. The van der Waals surface area contributed by atoms with E-state index in [0.717, 1.165) is 42.3 Å². The highest BCUT2D eigenvalue weighted by atomic mass is 127. The Balaban J connectivity index is 1.44. The summed E-state index contributed by atoms with van der Waals surface area (Å²) in [6, 6.07) is 18.2. The predicted molar refractivity (Wildman–Crippen MR) is 112 cm³/mol. The fraction of sp³-hybridized carbons (Fsp3) is 0.238. The lowest BCUT2D eigenvalue weighted by Gasteiger charge is -2.08. The Bertz CT molecular complexity index is 858. The predicted octanol–water partition coefficient (Wildman–Crippen LogP) is 5.58. The first-order valence-electron chi connectivity index (χ1n) is 8.61. The minimum atomic E-state index is 0.0624. The molecule has 25 heavy (non-hydrogen) atoms. The third-order valence-electron chi connectivity index (χ3n) is 4.21. The summed E-state index contributed by atoms with van der Waals surface area (Å²) in [6.07, 6.45) is 6.47. The van der Waals surface area contributed by atoms with E-state index in [-0.39, 0.29) is 5.91 Å². The van der Waals surface area contributed by atoms with Gasteiger partial charge in [0.25, 0.3) is 0 Å². The van der Waals surface area contributed by atoms with Crippen LogP contribution in [-0.2, 0) is 11.2 Å². The molecule has 3 aromatic rings. The molecule has 2 aromatic carbocycles. The molecule has 0 aliphatic rings. The van der Waals surface area contributed by atoms with Crippen LogP contribution in [0, 0.1) is 3.57 Å². The molecule has 1 heterocycles. The molecule has 0 saturated carbocycles. The SMILES string of the molecule is O=C(CCCCCc1ccccc1I)Nc1cccc2cccnc12. The van der Waals surface area contributed by atoms with E-state index >= 15 is 0 Å². The summed E-state index contributed by atoms with van der Waals surface area (Å²) in [4.78, 5) is 16.6. The number of aryl methyl sites for hydroxylation is 1. The average molecular weight is 444 g/mol. The summed E-state index contributed by atoms with van der Waals surface area (Å²) < 4.78 is 1.32. The molecule has 0 fully saturated rings. The van der Waals surface area contributed by atoms with Gasteiger partial charge in [0.15, 0.2) is 0 Å². The van der Waals surface area contributed by atoms with Crippen molar-refractivity contribution >= 4 is 45.1 Å². The number of carbonyl (C=O) groups is 1. The molecule has 0 spiro atoms. The largest absolute Gasteiger partial charge is 0.324 e. The molecular formula is C21H21IN2O. The van der Waals surface area contributed by atoms with E-state index in [9.17, 15) is 4.79 Å². The molecule has 3 nitrogen and oxygen atoms in total. The van der Waals surface area contributed by atoms with Gasteiger partial charge >= 0.3 is 0 Å². The topological polar surface area (TPSA) is 42.0 Å². The van der Waals surface area contributed by atoms with Crippen molar-refractivity contribution < 1.29 is 4.79 Å². The Morgan fingerprint density at radius 3 is 2.68 bits per heavy atom. The first-order chi connectivity index (χ1) is 12.2. The zero-order valence-electron chi connectivity index (χ0n) is 14.0. The molecule has 3 rings (SSSR count). The first-order valence-corrected chi connectivity index (χ1v) is 9.69. The molecular weight excluding hydrogens is 423 g/mol. The Morgan fingerprint density at radius 2 is 1.80 bits per heavy atom. The summed E-state index contributed by atoms with van der Waals surface area (Å²) in [5, 5.41) is 4.04. The van der Waals surface area contributed by atoms with Crippen LogP contribution in [-0.4, -0.2) is 10.9 Å². The maximum absolute atomic E-state index is 12.2. The lowest BCUT2D eigenvalue weighted by Crippen LogP contribution is -2.11. The number of pyridine rings is 1. The Hall–Kier alpha value is -1.95. The average Bonchev–Trinajstić information content (AvgIpc) is 2.63. The highest BCUT2D eigenvalue weighted by Gasteiger charge is 2.06. The quantitative estimate of drug-likeness (QED) is 0.382. The summed E-state index contributed by atoms with van der Waals surface area (Å²) in [7, 11) is 0. The fourth-order valence-electron chi connectivity index (χ4n) is 2.90. The van der Waals surface area contributed by atoms with Gasteiger partial charge in [0.2, 0.25) is 5.91 Å². The minimum Gasteiger partial charge on any atom is -0.324 e. The number of benzene rings is 2. The molecule has 1 N–H and O–H groups in total. The van der Waals surface area contributed by atoms with E-state index in [1.54, 1.807) is 6.20 Å². The number of carbonyl (C=O) groups excluding carboxylic acids is 1. The number of fused-ring (bicyclic) bond motifs is 1. The second-order valence-corrected chi connectivity index (χ2v) is 7.24. The van der Waals surface area contributed by atoms with Crippen LogP contribution in [0.4, 0.5) is 5.69 Å². The van der Waals surface area contributed by atoms with E-state index in [1.165, 1.54) is 9.13 Å². The normalized spacial score (nSPS) is 10.8. The van der Waals surface area contributed by atoms with Crippen LogP contribution in [0.2, 0.25) is 0 Å². The van der Waals surface area contributed by atoms with Gasteiger partial charge in [0, 0.05) is 21.6 Å². The van der Waals surface area contributed by atoms with Crippen molar-refractivity contribution in [1.29, 1.82) is 0 Å². The third-order valence-corrected chi connectivity index (χ3v) is 5.27. The van der Waals surface area contributed by atoms with Gasteiger partial charge in [-0.05, 0) is 65.6 Å². The molecule has 0 atom stereocenters. The third kappa shape index (κ3) is 5.01. The fourth-order valence-corrected chi connectivity index (χ4v) is 3.55. The molecule has 128 valence electrons. The van der Waals surface area contributed by atoms with Gasteiger partial charge in [-0.15, -0.1) is 0 Å². The second kappa shape index (κ2) is 8.94. The molecule has 0 aliphatic carbocycles. The molecule has 1 amide bonds. The summed E-state index contributed by atoms with van der Waals surface area (Å²) >= 11 is 2.38. The van der Waals surface area contributed by atoms with Crippen molar-refractivity contribution in [3.8, 4) is 0 Å². The zero-order chi connectivity index (χ0) is 17.5. The standard InChI is InChI=1S/C21H21IN2O/c22-18-12-5-4-9-16(18)8-2-1-3-14-20(25)24-19-13-6-10-17-11-7-15-23-21(17)19/h4-7,9-13,15H,1-3,8,14H2,(H,24,25). The van der Waals surface area contributed by atoms with Crippen LogP contribution in [0.1, 0.15) is 31.2 Å². The number of para-hydroxylation sites is 1. The molecule has 0 saturated heterocycles. The summed E-state index contributed by atoms with van der Waals surface area (Å²) in [5.74, 6) is 0.0624. The monoisotopic (exact) mass is 444 g/mol. The van der Waals surface area contributed by atoms with Gasteiger partial charge in [-0.25, -0.2) is 0 Å². The number of amides is 1. The van der Waals surface area contributed by atoms with Crippen LogP contribution in [0.15, 0.2) is 60.8 Å². The number of halogens is 1. The summed E-state index contributed by atoms with van der Waals surface area (Å²) in [6.45, 7) is 0. The number of hydrogen-bond acceptors (Lipinski definition) is 2. The number of aromatic nitrogens is 1. The first kappa shape index (κ1) is 17.9. The lowest BCUT2D eigenvalue weighted by molar-refractivity contribution is -0.116. The van der Waals surface area contributed by atoms with Crippen LogP contribution in [0.5, 0.6) is 0 Å². The summed E-state index contributed by atoms with van der Waals surface area (Å²) in [5.41, 5.74) is 3.04. The highest BCUT2D eigenvalue weighted by Crippen LogP contribution is 2.21. The van der Waals surface area contributed by atoms with Gasteiger partial charge in [0.05, 0.1) is 11.2 Å². The zero-order valence-corrected chi connectivity index (χ0v) is 16.2. The van der Waals surface area contributed by atoms with E-state index in [0.29, 0.717) is 6.42 Å². The number of nitrogens with zero attached hydrogens (tertiary/aromatic N) is 1. The maximum atomic E-state index is 12.2. The highest BCUT2D eigenvalue weighted by molar-refractivity contribution is 14.1.